The van der Waals surface area contributed by atoms with Crippen molar-refractivity contribution in [3.63, 3.8) is 0 Å². The van der Waals surface area contributed by atoms with E-state index in [1.165, 1.54) is 0 Å². The van der Waals surface area contributed by atoms with Crippen molar-refractivity contribution in [2.45, 2.75) is 34.1 Å². The van der Waals surface area contributed by atoms with Crippen molar-refractivity contribution in [1.82, 2.24) is 4.90 Å². The van der Waals surface area contributed by atoms with Crippen molar-refractivity contribution in [3.8, 4) is 0 Å². The van der Waals surface area contributed by atoms with E-state index in [9.17, 15) is 14.7 Å². The van der Waals surface area contributed by atoms with Crippen molar-refractivity contribution in [2.24, 2.45) is 11.3 Å². The number of rotatable bonds is 2. The molecule has 1 amide bonds. The molecule has 1 heterocycles. The molecule has 0 aromatic rings. The van der Waals surface area contributed by atoms with Crippen LogP contribution in [0.15, 0.2) is 11.6 Å². The molecule has 0 fully saturated rings. The Labute approximate surface area is 102 Å². The highest BCUT2D eigenvalue weighted by Gasteiger charge is 2.40. The number of carboxylic acids is 1. The fourth-order valence-electron chi connectivity index (χ4n) is 2.13. The summed E-state index contributed by atoms with van der Waals surface area (Å²) in [6.07, 6.45) is 2.91. The van der Waals surface area contributed by atoms with Gasteiger partial charge in [-0.25, -0.2) is 0 Å². The quantitative estimate of drug-likeness (QED) is 0.591. The molecule has 0 saturated carbocycles. The summed E-state index contributed by atoms with van der Waals surface area (Å²) in [4.78, 5) is 25.2. The van der Waals surface area contributed by atoms with Crippen LogP contribution < -0.4 is 0 Å². The Balaban J connectivity index is 2.86. The SMILES string of the molecule is CC1=CCCN(C(=O)C(C(=O)O)C(C)(C)C)C1. The second-order valence-electron chi connectivity index (χ2n) is 5.74. The molecule has 1 rings (SSSR count). The van der Waals surface area contributed by atoms with Crippen molar-refractivity contribution >= 4 is 11.9 Å². The molecule has 1 aliphatic heterocycles. The minimum atomic E-state index is -1.03. The van der Waals surface area contributed by atoms with Gasteiger partial charge in [0, 0.05) is 13.1 Å². The van der Waals surface area contributed by atoms with Gasteiger partial charge in [0.05, 0.1) is 0 Å². The summed E-state index contributed by atoms with van der Waals surface area (Å²) in [5.74, 6) is -2.26. The minimum Gasteiger partial charge on any atom is -0.481 e. The molecule has 0 aromatic heterocycles. The predicted molar refractivity (Wildman–Crippen MR) is 65.5 cm³/mol. The lowest BCUT2D eigenvalue weighted by Gasteiger charge is -2.33. The molecule has 1 atom stereocenters. The van der Waals surface area contributed by atoms with Crippen LogP contribution in [0.4, 0.5) is 0 Å². The number of carbonyl (C=O) groups excluding carboxylic acids is 1. The van der Waals surface area contributed by atoms with Gasteiger partial charge in [-0.2, -0.15) is 0 Å². The Morgan fingerprint density at radius 2 is 2.00 bits per heavy atom. The summed E-state index contributed by atoms with van der Waals surface area (Å²) >= 11 is 0. The van der Waals surface area contributed by atoms with Gasteiger partial charge >= 0.3 is 5.97 Å². The van der Waals surface area contributed by atoms with Gasteiger partial charge in [-0.3, -0.25) is 9.59 Å². The van der Waals surface area contributed by atoms with Gasteiger partial charge in [0.15, 0.2) is 0 Å². The molecular formula is C13H21NO3. The van der Waals surface area contributed by atoms with Crippen LogP contribution in [-0.2, 0) is 9.59 Å². The summed E-state index contributed by atoms with van der Waals surface area (Å²) in [7, 11) is 0. The molecule has 4 heteroatoms. The lowest BCUT2D eigenvalue weighted by Crippen LogP contribution is -2.46. The molecule has 0 bridgehead atoms. The Hall–Kier alpha value is -1.32. The number of amides is 1. The first-order valence-electron chi connectivity index (χ1n) is 5.90. The van der Waals surface area contributed by atoms with Crippen LogP contribution in [-0.4, -0.2) is 35.0 Å². The van der Waals surface area contributed by atoms with E-state index in [4.69, 9.17) is 0 Å². The topological polar surface area (TPSA) is 57.6 Å². The van der Waals surface area contributed by atoms with E-state index in [-0.39, 0.29) is 5.91 Å². The third-order valence-corrected chi connectivity index (χ3v) is 3.00. The highest BCUT2D eigenvalue weighted by Crippen LogP contribution is 2.28. The smallest absolute Gasteiger partial charge is 0.316 e. The number of hydrogen-bond donors (Lipinski definition) is 1. The molecule has 4 nitrogen and oxygen atoms in total. The van der Waals surface area contributed by atoms with E-state index in [0.717, 1.165) is 12.0 Å². The van der Waals surface area contributed by atoms with Gasteiger partial charge in [-0.05, 0) is 18.8 Å². The molecule has 1 N–H and O–H groups in total. The molecule has 1 aliphatic rings. The highest BCUT2D eigenvalue weighted by atomic mass is 16.4. The van der Waals surface area contributed by atoms with E-state index in [1.807, 2.05) is 6.92 Å². The molecule has 0 aromatic carbocycles. The number of nitrogens with zero attached hydrogens (tertiary/aromatic N) is 1. The Bertz CT molecular complexity index is 352. The summed E-state index contributed by atoms with van der Waals surface area (Å²) < 4.78 is 0. The van der Waals surface area contributed by atoms with Crippen LogP contribution in [0.1, 0.15) is 34.1 Å². The third-order valence-electron chi connectivity index (χ3n) is 3.00. The zero-order valence-electron chi connectivity index (χ0n) is 11.0. The minimum absolute atomic E-state index is 0.266. The van der Waals surface area contributed by atoms with Gasteiger partial charge in [-0.15, -0.1) is 0 Å². The molecular weight excluding hydrogens is 218 g/mol. The van der Waals surface area contributed by atoms with E-state index in [1.54, 1.807) is 25.7 Å². The zero-order chi connectivity index (χ0) is 13.2. The first-order valence-corrected chi connectivity index (χ1v) is 5.90. The van der Waals surface area contributed by atoms with Gasteiger partial charge in [0.1, 0.15) is 5.92 Å². The highest BCUT2D eigenvalue weighted by molar-refractivity contribution is 5.97. The van der Waals surface area contributed by atoms with E-state index >= 15 is 0 Å². The van der Waals surface area contributed by atoms with Crippen LogP contribution >= 0.6 is 0 Å². The van der Waals surface area contributed by atoms with E-state index in [0.29, 0.717) is 13.1 Å². The van der Waals surface area contributed by atoms with Crippen LogP contribution in [0, 0.1) is 11.3 Å². The maximum atomic E-state index is 12.2. The fourth-order valence-corrected chi connectivity index (χ4v) is 2.13. The van der Waals surface area contributed by atoms with E-state index < -0.39 is 17.3 Å². The average molecular weight is 239 g/mol. The van der Waals surface area contributed by atoms with Crippen LogP contribution in [0.3, 0.4) is 0 Å². The lowest BCUT2D eigenvalue weighted by atomic mass is 9.79. The maximum Gasteiger partial charge on any atom is 0.316 e. The van der Waals surface area contributed by atoms with Crippen LogP contribution in [0.5, 0.6) is 0 Å². The zero-order valence-corrected chi connectivity index (χ0v) is 11.0. The van der Waals surface area contributed by atoms with Gasteiger partial charge < -0.3 is 10.0 Å². The predicted octanol–water partition coefficient (Wildman–Crippen LogP) is 1.91. The maximum absolute atomic E-state index is 12.2. The Morgan fingerprint density at radius 1 is 1.41 bits per heavy atom. The van der Waals surface area contributed by atoms with Gasteiger partial charge in [0.25, 0.3) is 0 Å². The molecule has 17 heavy (non-hydrogen) atoms. The van der Waals surface area contributed by atoms with Crippen molar-refractivity contribution in [1.29, 1.82) is 0 Å². The monoisotopic (exact) mass is 239 g/mol. The molecule has 0 saturated heterocycles. The van der Waals surface area contributed by atoms with E-state index in [2.05, 4.69) is 6.08 Å². The number of carboxylic acid groups (broad SMARTS) is 1. The molecule has 0 radical (unpaired) electrons. The third kappa shape index (κ3) is 3.32. The molecule has 96 valence electrons. The molecule has 0 aliphatic carbocycles. The van der Waals surface area contributed by atoms with Crippen LogP contribution in [0.2, 0.25) is 0 Å². The first-order chi connectivity index (χ1) is 7.73. The second kappa shape index (κ2) is 4.90. The Morgan fingerprint density at radius 3 is 2.41 bits per heavy atom. The summed E-state index contributed by atoms with van der Waals surface area (Å²) in [5, 5.41) is 9.21. The Kier molecular flexibility index (Phi) is 3.96. The second-order valence-corrected chi connectivity index (χ2v) is 5.74. The average Bonchev–Trinajstić information content (AvgIpc) is 2.14. The summed E-state index contributed by atoms with van der Waals surface area (Å²) in [5.41, 5.74) is 0.570. The molecule has 0 spiro atoms. The fraction of sp³-hybridized carbons (Fsp3) is 0.692. The van der Waals surface area contributed by atoms with Crippen molar-refractivity contribution < 1.29 is 14.7 Å². The van der Waals surface area contributed by atoms with Gasteiger partial charge in [0.2, 0.25) is 5.91 Å². The van der Waals surface area contributed by atoms with Gasteiger partial charge in [-0.1, -0.05) is 32.4 Å². The summed E-state index contributed by atoms with van der Waals surface area (Å²) in [6.45, 7) is 8.50. The lowest BCUT2D eigenvalue weighted by molar-refractivity contribution is -0.156. The number of hydrogen-bond acceptors (Lipinski definition) is 2. The largest absolute Gasteiger partial charge is 0.481 e. The standard InChI is InChI=1S/C13H21NO3/c1-9-6-5-7-14(8-9)11(15)10(12(16)17)13(2,3)4/h6,10H,5,7-8H2,1-4H3,(H,16,17). The molecule has 1 unspecified atom stereocenters. The number of carbonyl (C=O) groups is 2. The first kappa shape index (κ1) is 13.7. The van der Waals surface area contributed by atoms with Crippen LogP contribution in [0.25, 0.3) is 0 Å². The summed E-state index contributed by atoms with van der Waals surface area (Å²) in [6, 6.07) is 0. The van der Waals surface area contributed by atoms with Crippen molar-refractivity contribution in [3.05, 3.63) is 11.6 Å². The van der Waals surface area contributed by atoms with Crippen molar-refractivity contribution in [2.75, 3.05) is 13.1 Å². The number of aliphatic carboxylic acids is 1. The normalized spacial score (nSPS) is 18.6.